The van der Waals surface area contributed by atoms with Crippen LogP contribution in [0.4, 0.5) is 5.69 Å². The molecule has 0 radical (unpaired) electrons. The zero-order valence-corrected chi connectivity index (χ0v) is 18.9. The molecule has 9 nitrogen and oxygen atoms in total. The molecular weight excluding hydrogens is 434 g/mol. The number of carbonyl (C=O) groups is 1. The third kappa shape index (κ3) is 4.30. The van der Waals surface area contributed by atoms with Crippen molar-refractivity contribution in [3.8, 4) is 5.75 Å². The van der Waals surface area contributed by atoms with Crippen molar-refractivity contribution in [2.24, 2.45) is 5.92 Å². The fourth-order valence-electron chi connectivity index (χ4n) is 4.50. The van der Waals surface area contributed by atoms with Crippen LogP contribution in [0.25, 0.3) is 0 Å². The first-order valence-corrected chi connectivity index (χ1v) is 11.9. The van der Waals surface area contributed by atoms with Gasteiger partial charge in [0.1, 0.15) is 11.4 Å². The standard InChI is InChI=1S/C22H27N3O6S/c1-30-10-9-21(26)23-19-7-8-20-16-11-15(13-25(20)22(19)27)12-24(14-16)32(28,29)18-5-3-17(31-2)4-6-18/h3-8,15-16H,9-14H2,1-2H3,(H,23,26)/t15-,16-/m1/s1. The normalized spacial score (nSPS) is 20.4. The molecule has 2 aliphatic rings. The first-order valence-electron chi connectivity index (χ1n) is 10.5. The van der Waals surface area contributed by atoms with Crippen LogP contribution in [0.1, 0.15) is 24.5 Å². The fourth-order valence-corrected chi connectivity index (χ4v) is 6.06. The van der Waals surface area contributed by atoms with Crippen molar-refractivity contribution in [3.63, 3.8) is 0 Å². The molecule has 4 rings (SSSR count). The number of benzene rings is 1. The van der Waals surface area contributed by atoms with Gasteiger partial charge in [-0.1, -0.05) is 0 Å². The number of aromatic nitrogens is 1. The van der Waals surface area contributed by atoms with Crippen LogP contribution in [-0.4, -0.2) is 57.1 Å². The number of hydrogen-bond donors (Lipinski definition) is 1. The lowest BCUT2D eigenvalue weighted by molar-refractivity contribution is -0.117. The maximum Gasteiger partial charge on any atom is 0.274 e. The van der Waals surface area contributed by atoms with Crippen molar-refractivity contribution >= 4 is 21.6 Å². The van der Waals surface area contributed by atoms with Crippen LogP contribution < -0.4 is 15.6 Å². The molecule has 0 spiro atoms. The van der Waals surface area contributed by atoms with Crippen molar-refractivity contribution in [2.45, 2.75) is 30.2 Å². The summed E-state index contributed by atoms with van der Waals surface area (Å²) in [7, 11) is -0.608. The Labute approximate surface area is 187 Å². The number of fused-ring (bicyclic) bond motifs is 4. The first-order chi connectivity index (χ1) is 15.3. The van der Waals surface area contributed by atoms with Gasteiger partial charge in [-0.05, 0) is 48.7 Å². The molecule has 0 aliphatic carbocycles. The van der Waals surface area contributed by atoms with Gasteiger partial charge in [0.05, 0.1) is 25.0 Å². The van der Waals surface area contributed by atoms with E-state index in [2.05, 4.69) is 5.32 Å². The molecule has 2 aromatic rings. The average Bonchev–Trinajstić information content (AvgIpc) is 2.79. The summed E-state index contributed by atoms with van der Waals surface area (Å²) >= 11 is 0. The van der Waals surface area contributed by atoms with E-state index in [1.807, 2.05) is 6.07 Å². The summed E-state index contributed by atoms with van der Waals surface area (Å²) in [5.74, 6) is 0.253. The molecule has 1 amide bonds. The van der Waals surface area contributed by atoms with Crippen LogP contribution in [0.15, 0.2) is 46.1 Å². The zero-order valence-electron chi connectivity index (χ0n) is 18.1. The van der Waals surface area contributed by atoms with Crippen LogP contribution in [0.2, 0.25) is 0 Å². The van der Waals surface area contributed by atoms with Crippen molar-refractivity contribution in [1.82, 2.24) is 8.87 Å². The highest BCUT2D eigenvalue weighted by atomic mass is 32.2. The average molecular weight is 462 g/mol. The van der Waals surface area contributed by atoms with E-state index in [0.29, 0.717) is 25.4 Å². The molecule has 0 unspecified atom stereocenters. The van der Waals surface area contributed by atoms with E-state index in [0.717, 1.165) is 12.1 Å². The van der Waals surface area contributed by atoms with Gasteiger partial charge in [0, 0.05) is 38.4 Å². The van der Waals surface area contributed by atoms with E-state index in [-0.39, 0.29) is 46.9 Å². The largest absolute Gasteiger partial charge is 0.497 e. The number of nitrogens with one attached hydrogen (secondary N) is 1. The molecule has 2 aliphatic heterocycles. The SMILES string of the molecule is COCCC(=O)Nc1ccc2n(c1=O)C[C@@H]1C[C@@H]2CN(S(=O)(=O)c2ccc(OC)cc2)C1. The van der Waals surface area contributed by atoms with Gasteiger partial charge < -0.3 is 19.4 Å². The van der Waals surface area contributed by atoms with Crippen molar-refractivity contribution < 1.29 is 22.7 Å². The van der Waals surface area contributed by atoms with Gasteiger partial charge in [0.25, 0.3) is 5.56 Å². The number of sulfonamides is 1. The number of carbonyl (C=O) groups excluding carboxylic acids is 1. The van der Waals surface area contributed by atoms with Gasteiger partial charge in [0.15, 0.2) is 0 Å². The second-order valence-electron chi connectivity index (χ2n) is 8.17. The van der Waals surface area contributed by atoms with Gasteiger partial charge in [-0.2, -0.15) is 4.31 Å². The highest BCUT2D eigenvalue weighted by Crippen LogP contribution is 2.37. The lowest BCUT2D eigenvalue weighted by Crippen LogP contribution is -2.49. The Balaban J connectivity index is 1.56. The van der Waals surface area contributed by atoms with E-state index >= 15 is 0 Å². The van der Waals surface area contributed by atoms with Gasteiger partial charge >= 0.3 is 0 Å². The monoisotopic (exact) mass is 461 g/mol. The molecule has 1 aromatic heterocycles. The van der Waals surface area contributed by atoms with Crippen molar-refractivity contribution in [1.29, 1.82) is 0 Å². The second kappa shape index (κ2) is 9.05. The topological polar surface area (TPSA) is 107 Å². The molecule has 2 bridgehead atoms. The number of pyridine rings is 1. The number of ether oxygens (including phenoxy) is 2. The van der Waals surface area contributed by atoms with Crippen LogP contribution in [0.5, 0.6) is 5.75 Å². The molecule has 32 heavy (non-hydrogen) atoms. The van der Waals surface area contributed by atoms with Gasteiger partial charge in [-0.15, -0.1) is 0 Å². The highest BCUT2D eigenvalue weighted by Gasteiger charge is 2.39. The molecule has 1 fully saturated rings. The molecule has 1 aromatic carbocycles. The Morgan fingerprint density at radius 2 is 1.84 bits per heavy atom. The van der Waals surface area contributed by atoms with Gasteiger partial charge in [-0.25, -0.2) is 8.42 Å². The zero-order chi connectivity index (χ0) is 22.9. The predicted molar refractivity (Wildman–Crippen MR) is 118 cm³/mol. The smallest absolute Gasteiger partial charge is 0.274 e. The Bertz CT molecular complexity index is 1160. The van der Waals surface area contributed by atoms with E-state index < -0.39 is 10.0 Å². The number of piperidine rings is 1. The number of hydrogen-bond acceptors (Lipinski definition) is 6. The van der Waals surface area contributed by atoms with Gasteiger partial charge in [0.2, 0.25) is 15.9 Å². The van der Waals surface area contributed by atoms with E-state index in [1.54, 1.807) is 34.9 Å². The van der Waals surface area contributed by atoms with Crippen LogP contribution in [0, 0.1) is 5.92 Å². The number of methoxy groups -OCH3 is 2. The maximum absolute atomic E-state index is 13.2. The lowest BCUT2D eigenvalue weighted by Gasteiger charge is -2.42. The molecule has 1 N–H and O–H groups in total. The van der Waals surface area contributed by atoms with Crippen LogP contribution in [-0.2, 0) is 26.1 Å². The minimum atomic E-state index is -3.65. The highest BCUT2D eigenvalue weighted by molar-refractivity contribution is 7.89. The molecule has 172 valence electrons. The second-order valence-corrected chi connectivity index (χ2v) is 10.1. The van der Waals surface area contributed by atoms with Crippen LogP contribution >= 0.6 is 0 Å². The summed E-state index contributed by atoms with van der Waals surface area (Å²) < 4.78 is 39.6. The van der Waals surface area contributed by atoms with Crippen molar-refractivity contribution in [3.05, 3.63) is 52.4 Å². The third-order valence-corrected chi connectivity index (χ3v) is 7.92. The molecule has 2 atom stereocenters. The summed E-state index contributed by atoms with van der Waals surface area (Å²) in [5.41, 5.74) is 0.780. The Kier molecular flexibility index (Phi) is 6.36. The molecule has 0 saturated carbocycles. The van der Waals surface area contributed by atoms with E-state index in [1.165, 1.54) is 18.5 Å². The summed E-state index contributed by atoms with van der Waals surface area (Å²) in [6.07, 6.45) is 0.995. The van der Waals surface area contributed by atoms with E-state index in [4.69, 9.17) is 9.47 Å². The number of anilines is 1. The molecule has 10 heteroatoms. The lowest BCUT2D eigenvalue weighted by atomic mass is 9.84. The first kappa shape index (κ1) is 22.5. The quantitative estimate of drug-likeness (QED) is 0.672. The van der Waals surface area contributed by atoms with E-state index in [9.17, 15) is 18.0 Å². The number of nitrogens with zero attached hydrogens (tertiary/aromatic N) is 2. The molecule has 1 saturated heterocycles. The van der Waals surface area contributed by atoms with Gasteiger partial charge in [-0.3, -0.25) is 9.59 Å². The minimum absolute atomic E-state index is 0.0198. The Morgan fingerprint density at radius 3 is 2.53 bits per heavy atom. The number of rotatable bonds is 7. The maximum atomic E-state index is 13.2. The Morgan fingerprint density at radius 1 is 1.09 bits per heavy atom. The Hall–Kier alpha value is -2.69. The summed E-state index contributed by atoms with van der Waals surface area (Å²) in [4.78, 5) is 25.2. The summed E-state index contributed by atoms with van der Waals surface area (Å²) in [6.45, 7) is 1.35. The molecular formula is C22H27N3O6S. The molecule has 3 heterocycles. The summed E-state index contributed by atoms with van der Waals surface area (Å²) in [6, 6.07) is 9.79. The number of amides is 1. The fraction of sp³-hybridized carbons (Fsp3) is 0.455. The third-order valence-electron chi connectivity index (χ3n) is 6.08. The van der Waals surface area contributed by atoms with Crippen molar-refractivity contribution in [2.75, 3.05) is 39.2 Å². The van der Waals surface area contributed by atoms with Crippen LogP contribution in [0.3, 0.4) is 0 Å². The predicted octanol–water partition coefficient (Wildman–Crippen LogP) is 1.64. The minimum Gasteiger partial charge on any atom is -0.497 e. The summed E-state index contributed by atoms with van der Waals surface area (Å²) in [5, 5.41) is 2.66.